The van der Waals surface area contributed by atoms with Gasteiger partial charge in [0.1, 0.15) is 5.75 Å². The molecular weight excluding hydrogens is 298 g/mol. The molecule has 1 rings (SSSR count). The fraction of sp³-hybridized carbons (Fsp3) is 0.647. The highest BCUT2D eigenvalue weighted by Gasteiger charge is 2.18. The summed E-state index contributed by atoms with van der Waals surface area (Å²) in [4.78, 5) is 0.297. The van der Waals surface area contributed by atoms with E-state index in [1.807, 2.05) is 27.7 Å². The molecule has 0 amide bonds. The summed E-state index contributed by atoms with van der Waals surface area (Å²) in [5, 5.41) is 0. The molecule has 0 aromatic heterocycles. The number of hydrogen-bond donors (Lipinski definition) is 1. The minimum atomic E-state index is -3.47. The van der Waals surface area contributed by atoms with Crippen molar-refractivity contribution in [2.45, 2.75) is 70.7 Å². The molecule has 0 atom stereocenters. The van der Waals surface area contributed by atoms with Gasteiger partial charge in [-0.25, -0.2) is 13.1 Å². The number of unbranched alkanes of at least 4 members (excludes halogenated alkanes) is 2. The average Bonchev–Trinajstić information content (AvgIpc) is 2.42. The summed E-state index contributed by atoms with van der Waals surface area (Å²) in [6, 6.07) is 4.99. The van der Waals surface area contributed by atoms with Crippen molar-refractivity contribution in [1.29, 1.82) is 0 Å². The van der Waals surface area contributed by atoms with Gasteiger partial charge in [-0.2, -0.15) is 0 Å². The van der Waals surface area contributed by atoms with E-state index < -0.39 is 10.0 Å². The molecule has 0 heterocycles. The Hall–Kier alpha value is -1.07. The van der Waals surface area contributed by atoms with Gasteiger partial charge in [-0.1, -0.05) is 33.6 Å². The maximum absolute atomic E-state index is 12.3. The first-order valence-corrected chi connectivity index (χ1v) is 9.55. The number of benzene rings is 1. The van der Waals surface area contributed by atoms with Crippen molar-refractivity contribution in [2.24, 2.45) is 0 Å². The van der Waals surface area contributed by atoms with E-state index in [1.165, 1.54) is 0 Å². The van der Waals surface area contributed by atoms with Gasteiger partial charge in [-0.15, -0.1) is 0 Å². The molecule has 0 aliphatic heterocycles. The lowest BCUT2D eigenvalue weighted by Gasteiger charge is -2.16. The molecule has 0 unspecified atom stereocenters. The molecule has 0 aliphatic rings. The van der Waals surface area contributed by atoms with Crippen LogP contribution in [0, 0.1) is 0 Å². The van der Waals surface area contributed by atoms with Gasteiger partial charge < -0.3 is 4.74 Å². The van der Waals surface area contributed by atoms with Crippen molar-refractivity contribution in [2.75, 3.05) is 6.61 Å². The highest BCUT2D eigenvalue weighted by atomic mass is 32.2. The Morgan fingerprint density at radius 1 is 1.14 bits per heavy atom. The van der Waals surface area contributed by atoms with Crippen LogP contribution in [0.1, 0.15) is 65.4 Å². The van der Waals surface area contributed by atoms with Crippen LogP contribution in [0.25, 0.3) is 0 Å². The predicted octanol–water partition coefficient (Wildman–Crippen LogP) is 4.07. The van der Waals surface area contributed by atoms with E-state index in [9.17, 15) is 8.42 Å². The van der Waals surface area contributed by atoms with E-state index in [-0.39, 0.29) is 12.0 Å². The van der Waals surface area contributed by atoms with E-state index in [4.69, 9.17) is 4.74 Å². The summed E-state index contributed by atoms with van der Waals surface area (Å²) in [5.74, 6) is 0.991. The van der Waals surface area contributed by atoms with Crippen molar-refractivity contribution >= 4 is 10.0 Å². The zero-order chi connectivity index (χ0) is 16.8. The molecular formula is C17H29NO3S. The Morgan fingerprint density at radius 2 is 1.82 bits per heavy atom. The second-order valence-electron chi connectivity index (χ2n) is 6.19. The molecule has 0 radical (unpaired) electrons. The molecule has 4 nitrogen and oxygen atoms in total. The lowest BCUT2D eigenvalue weighted by Crippen LogP contribution is -2.30. The highest BCUT2D eigenvalue weighted by molar-refractivity contribution is 7.89. The van der Waals surface area contributed by atoms with E-state index in [0.29, 0.717) is 11.5 Å². The number of nitrogens with one attached hydrogen (secondary N) is 1. The molecule has 0 bridgehead atoms. The van der Waals surface area contributed by atoms with Crippen molar-refractivity contribution < 1.29 is 13.2 Å². The molecule has 0 aliphatic carbocycles. The van der Waals surface area contributed by atoms with Crippen LogP contribution in [0.3, 0.4) is 0 Å². The number of sulfonamides is 1. The molecule has 0 saturated carbocycles. The molecule has 5 heteroatoms. The van der Waals surface area contributed by atoms with Crippen LogP contribution in [0.15, 0.2) is 23.1 Å². The number of ether oxygens (including phenoxy) is 1. The quantitative estimate of drug-likeness (QED) is 0.696. The molecule has 1 aromatic carbocycles. The van der Waals surface area contributed by atoms with Crippen LogP contribution >= 0.6 is 0 Å². The Labute approximate surface area is 135 Å². The molecule has 22 heavy (non-hydrogen) atoms. The van der Waals surface area contributed by atoms with E-state index in [1.54, 1.807) is 18.2 Å². The topological polar surface area (TPSA) is 55.4 Å². The van der Waals surface area contributed by atoms with Crippen molar-refractivity contribution in [3.63, 3.8) is 0 Å². The Morgan fingerprint density at radius 3 is 2.36 bits per heavy atom. The fourth-order valence-electron chi connectivity index (χ4n) is 2.19. The maximum atomic E-state index is 12.3. The summed E-state index contributed by atoms with van der Waals surface area (Å²) in [7, 11) is -3.47. The van der Waals surface area contributed by atoms with Gasteiger partial charge in [0.15, 0.2) is 0 Å². The Balaban J connectivity index is 2.99. The molecule has 0 spiro atoms. The van der Waals surface area contributed by atoms with Gasteiger partial charge in [0.05, 0.1) is 11.5 Å². The van der Waals surface area contributed by atoms with E-state index >= 15 is 0 Å². The third-order valence-electron chi connectivity index (χ3n) is 3.31. The third kappa shape index (κ3) is 5.61. The summed E-state index contributed by atoms with van der Waals surface area (Å²) >= 11 is 0. The SMILES string of the molecule is CCCCCOc1ccc(S(=O)(=O)NC(C)C)cc1C(C)C. The van der Waals surface area contributed by atoms with Crippen LogP contribution in [-0.2, 0) is 10.0 Å². The molecule has 0 fully saturated rings. The van der Waals surface area contributed by atoms with Gasteiger partial charge in [0.25, 0.3) is 0 Å². The van der Waals surface area contributed by atoms with Gasteiger partial charge in [0, 0.05) is 6.04 Å². The van der Waals surface area contributed by atoms with Crippen LogP contribution in [0.2, 0.25) is 0 Å². The summed E-state index contributed by atoms with van der Waals surface area (Å²) in [6.07, 6.45) is 3.31. The van der Waals surface area contributed by atoms with E-state index in [0.717, 1.165) is 30.6 Å². The van der Waals surface area contributed by atoms with Gasteiger partial charge in [-0.3, -0.25) is 0 Å². The van der Waals surface area contributed by atoms with Crippen LogP contribution < -0.4 is 9.46 Å². The molecule has 1 aromatic rings. The monoisotopic (exact) mass is 327 g/mol. The van der Waals surface area contributed by atoms with Gasteiger partial charge >= 0.3 is 0 Å². The minimum Gasteiger partial charge on any atom is -0.493 e. The first-order chi connectivity index (χ1) is 10.3. The number of hydrogen-bond acceptors (Lipinski definition) is 3. The first kappa shape index (κ1) is 19.0. The smallest absolute Gasteiger partial charge is 0.240 e. The highest BCUT2D eigenvalue weighted by Crippen LogP contribution is 2.29. The Kier molecular flexibility index (Phi) is 7.36. The lowest BCUT2D eigenvalue weighted by molar-refractivity contribution is 0.302. The van der Waals surface area contributed by atoms with Gasteiger partial charge in [0.2, 0.25) is 10.0 Å². The predicted molar refractivity (Wildman–Crippen MR) is 91.0 cm³/mol. The number of rotatable bonds is 9. The normalized spacial score (nSPS) is 12.1. The summed E-state index contributed by atoms with van der Waals surface area (Å²) < 4.78 is 33.0. The third-order valence-corrected chi connectivity index (χ3v) is 4.97. The molecule has 126 valence electrons. The summed E-state index contributed by atoms with van der Waals surface area (Å²) in [5.41, 5.74) is 0.933. The first-order valence-electron chi connectivity index (χ1n) is 8.07. The second-order valence-corrected chi connectivity index (χ2v) is 7.90. The van der Waals surface area contributed by atoms with Crippen molar-refractivity contribution in [1.82, 2.24) is 4.72 Å². The van der Waals surface area contributed by atoms with Crippen LogP contribution in [-0.4, -0.2) is 21.1 Å². The van der Waals surface area contributed by atoms with Crippen molar-refractivity contribution in [3.05, 3.63) is 23.8 Å². The largest absolute Gasteiger partial charge is 0.493 e. The van der Waals surface area contributed by atoms with Crippen LogP contribution in [0.5, 0.6) is 5.75 Å². The Bertz CT molecular complexity index is 565. The fourth-order valence-corrected chi connectivity index (χ4v) is 3.47. The van der Waals surface area contributed by atoms with Gasteiger partial charge in [-0.05, 0) is 49.9 Å². The second kappa shape index (κ2) is 8.53. The molecule has 1 N–H and O–H groups in total. The standard InChI is InChI=1S/C17H29NO3S/c1-6-7-8-11-21-17-10-9-15(12-16(17)13(2)3)22(19,20)18-14(4)5/h9-10,12-14,18H,6-8,11H2,1-5H3. The molecule has 0 saturated heterocycles. The zero-order valence-corrected chi connectivity index (χ0v) is 15.2. The van der Waals surface area contributed by atoms with E-state index in [2.05, 4.69) is 11.6 Å². The average molecular weight is 327 g/mol. The van der Waals surface area contributed by atoms with Crippen LogP contribution in [0.4, 0.5) is 0 Å². The lowest BCUT2D eigenvalue weighted by atomic mass is 10.0. The summed E-state index contributed by atoms with van der Waals surface area (Å²) in [6.45, 7) is 10.5. The minimum absolute atomic E-state index is 0.127. The van der Waals surface area contributed by atoms with Crippen molar-refractivity contribution in [3.8, 4) is 5.75 Å². The maximum Gasteiger partial charge on any atom is 0.240 e. The zero-order valence-electron chi connectivity index (χ0n) is 14.3.